The average Bonchev–Trinajstić information content (AvgIpc) is 3.08. The van der Waals surface area contributed by atoms with Gasteiger partial charge < -0.3 is 20.1 Å². The summed E-state index contributed by atoms with van der Waals surface area (Å²) >= 11 is 6.29. The van der Waals surface area contributed by atoms with Crippen LogP contribution in [0.5, 0.6) is 11.5 Å². The van der Waals surface area contributed by atoms with E-state index >= 15 is 0 Å². The van der Waals surface area contributed by atoms with Crippen molar-refractivity contribution in [2.24, 2.45) is 0 Å². The van der Waals surface area contributed by atoms with Crippen molar-refractivity contribution in [2.45, 2.75) is 6.92 Å². The molecular weight excluding hydrogens is 470 g/mol. The van der Waals surface area contributed by atoms with Crippen LogP contribution in [-0.4, -0.2) is 31.9 Å². The number of nitrogens with one attached hydrogen (secondary N) is 2. The van der Waals surface area contributed by atoms with Crippen LogP contribution in [0.4, 0.5) is 17.1 Å². The molecule has 35 heavy (non-hydrogen) atoms. The Morgan fingerprint density at radius 2 is 1.66 bits per heavy atom. The van der Waals surface area contributed by atoms with E-state index in [1.807, 2.05) is 18.2 Å². The summed E-state index contributed by atoms with van der Waals surface area (Å²) < 4.78 is 10.5. The molecule has 3 aromatic carbocycles. The summed E-state index contributed by atoms with van der Waals surface area (Å²) in [6.45, 7) is 1.81. The Hall–Kier alpha value is -4.30. The first-order chi connectivity index (χ1) is 16.8. The van der Waals surface area contributed by atoms with Gasteiger partial charge in [0.25, 0.3) is 17.7 Å². The number of ether oxygens (including phenoxy) is 2. The molecule has 0 aromatic heterocycles. The Morgan fingerprint density at radius 3 is 2.34 bits per heavy atom. The van der Waals surface area contributed by atoms with E-state index in [4.69, 9.17) is 21.1 Å². The lowest BCUT2D eigenvalue weighted by Crippen LogP contribution is -2.32. The van der Waals surface area contributed by atoms with Crippen LogP contribution >= 0.6 is 11.6 Å². The van der Waals surface area contributed by atoms with Gasteiger partial charge in [-0.15, -0.1) is 0 Å². The number of amides is 3. The number of benzene rings is 3. The van der Waals surface area contributed by atoms with Crippen LogP contribution in [0.15, 0.2) is 77.5 Å². The minimum absolute atomic E-state index is 0.0988. The SMILES string of the molecule is COc1ccc(N2C(=O)C(Cl)=C(Nc3cc(C(=O)Nc4ccccc4)ccc3C)C2=O)c(OC)c1. The molecule has 0 unspecified atom stereocenters. The van der Waals surface area contributed by atoms with Crippen molar-refractivity contribution < 1.29 is 23.9 Å². The second-order valence-corrected chi connectivity index (χ2v) is 8.03. The fraction of sp³-hybridized carbons (Fsp3) is 0.115. The van der Waals surface area contributed by atoms with Crippen LogP contribution in [0, 0.1) is 6.92 Å². The van der Waals surface area contributed by atoms with Gasteiger partial charge in [-0.05, 0) is 48.9 Å². The number of halogens is 1. The van der Waals surface area contributed by atoms with Crippen LogP contribution < -0.4 is 25.0 Å². The standard InChI is InChI=1S/C26H22ClN3O5/c1-15-9-10-16(24(31)28-17-7-5-4-6-8-17)13-19(15)29-23-22(27)25(32)30(26(23)33)20-12-11-18(34-2)14-21(20)35-3/h4-14,29H,1-3H3,(H,28,31). The molecule has 0 aliphatic carbocycles. The monoisotopic (exact) mass is 491 g/mol. The van der Waals surface area contributed by atoms with Gasteiger partial charge in [0, 0.05) is 23.0 Å². The number of rotatable bonds is 7. The second kappa shape index (κ2) is 9.90. The molecule has 3 amide bonds. The van der Waals surface area contributed by atoms with Gasteiger partial charge in [0.05, 0.1) is 19.9 Å². The Labute approximate surface area is 207 Å². The van der Waals surface area contributed by atoms with E-state index in [0.717, 1.165) is 10.5 Å². The smallest absolute Gasteiger partial charge is 0.283 e. The lowest BCUT2D eigenvalue weighted by molar-refractivity contribution is -0.120. The quantitative estimate of drug-likeness (QED) is 0.465. The molecule has 9 heteroatoms. The number of methoxy groups -OCH3 is 2. The topological polar surface area (TPSA) is 97.0 Å². The van der Waals surface area contributed by atoms with Crippen LogP contribution in [-0.2, 0) is 9.59 Å². The summed E-state index contributed by atoms with van der Waals surface area (Å²) in [6, 6.07) is 18.8. The molecular formula is C26H22ClN3O5. The molecule has 0 bridgehead atoms. The minimum atomic E-state index is -0.696. The highest BCUT2D eigenvalue weighted by atomic mass is 35.5. The molecule has 178 valence electrons. The zero-order valence-electron chi connectivity index (χ0n) is 19.2. The van der Waals surface area contributed by atoms with Crippen molar-refractivity contribution in [1.82, 2.24) is 0 Å². The lowest BCUT2D eigenvalue weighted by Gasteiger charge is -2.19. The zero-order chi connectivity index (χ0) is 25.1. The molecule has 0 saturated carbocycles. The van der Waals surface area contributed by atoms with E-state index in [2.05, 4.69) is 10.6 Å². The van der Waals surface area contributed by atoms with Crippen molar-refractivity contribution in [3.63, 3.8) is 0 Å². The molecule has 0 saturated heterocycles. The molecule has 8 nitrogen and oxygen atoms in total. The third-order valence-electron chi connectivity index (χ3n) is 5.45. The normalized spacial score (nSPS) is 13.2. The Bertz CT molecular complexity index is 1350. The number of imide groups is 1. The van der Waals surface area contributed by atoms with Gasteiger partial charge in [0.2, 0.25) is 0 Å². The fourth-order valence-electron chi connectivity index (χ4n) is 3.56. The van der Waals surface area contributed by atoms with Crippen molar-refractivity contribution >= 4 is 46.4 Å². The Balaban J connectivity index is 1.61. The molecule has 0 spiro atoms. The molecule has 0 atom stereocenters. The molecule has 2 N–H and O–H groups in total. The lowest BCUT2D eigenvalue weighted by atomic mass is 10.1. The van der Waals surface area contributed by atoms with Gasteiger partial charge in [0.15, 0.2) is 0 Å². The van der Waals surface area contributed by atoms with E-state index in [1.165, 1.54) is 14.2 Å². The summed E-state index contributed by atoms with van der Waals surface area (Å²) in [6.07, 6.45) is 0. The highest BCUT2D eigenvalue weighted by Gasteiger charge is 2.40. The maximum absolute atomic E-state index is 13.3. The number of para-hydroxylation sites is 1. The Kier molecular flexibility index (Phi) is 6.75. The van der Waals surface area contributed by atoms with Crippen molar-refractivity contribution in [2.75, 3.05) is 29.8 Å². The molecule has 1 aliphatic heterocycles. The minimum Gasteiger partial charge on any atom is -0.497 e. The van der Waals surface area contributed by atoms with E-state index in [9.17, 15) is 14.4 Å². The van der Waals surface area contributed by atoms with Gasteiger partial charge in [-0.2, -0.15) is 0 Å². The van der Waals surface area contributed by atoms with Crippen LogP contribution in [0.3, 0.4) is 0 Å². The first kappa shape index (κ1) is 23.8. The summed E-state index contributed by atoms with van der Waals surface area (Å²) in [7, 11) is 2.92. The predicted molar refractivity (Wildman–Crippen MR) is 134 cm³/mol. The van der Waals surface area contributed by atoms with E-state index in [-0.39, 0.29) is 28.1 Å². The fourth-order valence-corrected chi connectivity index (χ4v) is 3.77. The van der Waals surface area contributed by atoms with E-state index in [0.29, 0.717) is 22.7 Å². The first-order valence-corrected chi connectivity index (χ1v) is 11.0. The summed E-state index contributed by atoms with van der Waals surface area (Å²) in [5.41, 5.74) is 2.36. The average molecular weight is 492 g/mol. The highest BCUT2D eigenvalue weighted by Crippen LogP contribution is 2.38. The van der Waals surface area contributed by atoms with Gasteiger partial charge in [-0.1, -0.05) is 35.9 Å². The third kappa shape index (κ3) is 4.69. The second-order valence-electron chi connectivity index (χ2n) is 7.65. The van der Waals surface area contributed by atoms with Gasteiger partial charge >= 0.3 is 0 Å². The molecule has 4 rings (SSSR count). The van der Waals surface area contributed by atoms with Crippen LogP contribution in [0.2, 0.25) is 0 Å². The van der Waals surface area contributed by atoms with Crippen LogP contribution in [0.25, 0.3) is 0 Å². The Morgan fingerprint density at radius 1 is 0.914 bits per heavy atom. The van der Waals surface area contributed by atoms with Crippen LogP contribution in [0.1, 0.15) is 15.9 Å². The summed E-state index contributed by atoms with van der Waals surface area (Å²) in [5.74, 6) is -0.895. The van der Waals surface area contributed by atoms with Gasteiger partial charge in [0.1, 0.15) is 22.2 Å². The van der Waals surface area contributed by atoms with Crippen molar-refractivity contribution in [3.8, 4) is 11.5 Å². The van der Waals surface area contributed by atoms with Gasteiger partial charge in [-0.3, -0.25) is 14.4 Å². The zero-order valence-corrected chi connectivity index (χ0v) is 20.0. The van der Waals surface area contributed by atoms with E-state index < -0.39 is 11.8 Å². The maximum atomic E-state index is 13.3. The highest BCUT2D eigenvalue weighted by molar-refractivity contribution is 6.53. The number of carbonyl (C=O) groups is 3. The number of hydrogen-bond donors (Lipinski definition) is 2. The number of anilines is 3. The number of carbonyl (C=O) groups excluding carboxylic acids is 3. The van der Waals surface area contributed by atoms with E-state index in [1.54, 1.807) is 55.5 Å². The third-order valence-corrected chi connectivity index (χ3v) is 5.80. The molecule has 1 aliphatic rings. The number of nitrogens with zero attached hydrogens (tertiary/aromatic N) is 1. The molecule has 0 radical (unpaired) electrons. The molecule has 3 aromatic rings. The first-order valence-electron chi connectivity index (χ1n) is 10.6. The largest absolute Gasteiger partial charge is 0.497 e. The number of hydrogen-bond acceptors (Lipinski definition) is 6. The summed E-state index contributed by atoms with van der Waals surface area (Å²) in [5, 5.41) is 5.49. The number of aryl methyl sites for hydroxylation is 1. The molecule has 0 fully saturated rings. The van der Waals surface area contributed by atoms with Crippen molar-refractivity contribution in [1.29, 1.82) is 0 Å². The summed E-state index contributed by atoms with van der Waals surface area (Å²) in [4.78, 5) is 39.8. The predicted octanol–water partition coefficient (Wildman–Crippen LogP) is 4.70. The van der Waals surface area contributed by atoms with Gasteiger partial charge in [-0.25, -0.2) is 4.90 Å². The maximum Gasteiger partial charge on any atom is 0.283 e. The molecule has 1 heterocycles. The van der Waals surface area contributed by atoms with Crippen molar-refractivity contribution in [3.05, 3.63) is 88.6 Å².